The van der Waals surface area contributed by atoms with Crippen molar-refractivity contribution in [1.82, 2.24) is 25.2 Å². The number of hydrogen-bond acceptors (Lipinski definition) is 8. The normalized spacial score (nSPS) is 23.8. The van der Waals surface area contributed by atoms with E-state index in [1.807, 2.05) is 12.1 Å². The molecule has 7 rings (SSSR count). The van der Waals surface area contributed by atoms with Crippen LogP contribution in [-0.2, 0) is 0 Å². The van der Waals surface area contributed by atoms with Crippen LogP contribution in [0.2, 0.25) is 0 Å². The number of fused-ring (bicyclic) bond motifs is 4. The number of hydrogen-bond donors (Lipinski definition) is 2. The molecule has 2 bridgehead atoms. The number of phenolic OH excluding ortho intramolecular Hbond substituents is 1. The predicted molar refractivity (Wildman–Crippen MR) is 145 cm³/mol. The van der Waals surface area contributed by atoms with E-state index in [-0.39, 0.29) is 5.75 Å². The number of aromatic nitrogens is 3. The average Bonchev–Trinajstić information content (AvgIpc) is 3.43. The highest BCUT2D eigenvalue weighted by Crippen LogP contribution is 2.39. The molecule has 3 atom stereocenters. The molecule has 8 heteroatoms. The highest BCUT2D eigenvalue weighted by atomic mass is 16.5. The molecule has 0 aliphatic carbocycles. The van der Waals surface area contributed by atoms with E-state index in [1.54, 1.807) is 18.3 Å². The Balaban J connectivity index is 1.34. The number of aromatic hydroxyl groups is 1. The molecule has 0 amide bonds. The van der Waals surface area contributed by atoms with Gasteiger partial charge in [-0.25, -0.2) is 0 Å². The van der Waals surface area contributed by atoms with Gasteiger partial charge in [-0.1, -0.05) is 12.1 Å². The SMILES string of the molecule is CN1CCC[C@H]1COc1nc(N2C3CCC2CNC3)c2ccc(-c3cc(O)cc4cccnc34)cc2n1. The second-order valence-corrected chi connectivity index (χ2v) is 10.7. The first-order valence-electron chi connectivity index (χ1n) is 13.4. The zero-order chi connectivity index (χ0) is 24.9. The van der Waals surface area contributed by atoms with Crippen LogP contribution >= 0.6 is 0 Å². The second kappa shape index (κ2) is 9.11. The summed E-state index contributed by atoms with van der Waals surface area (Å²) in [6.07, 6.45) is 6.47. The molecule has 0 radical (unpaired) electrons. The Morgan fingerprint density at radius 1 is 1.05 bits per heavy atom. The van der Waals surface area contributed by atoms with Gasteiger partial charge < -0.3 is 25.0 Å². The van der Waals surface area contributed by atoms with Gasteiger partial charge >= 0.3 is 6.01 Å². The molecule has 0 saturated carbocycles. The monoisotopic (exact) mass is 496 g/mol. The summed E-state index contributed by atoms with van der Waals surface area (Å²) < 4.78 is 6.27. The van der Waals surface area contributed by atoms with Gasteiger partial charge in [-0.3, -0.25) is 4.98 Å². The zero-order valence-electron chi connectivity index (χ0n) is 21.1. The maximum Gasteiger partial charge on any atom is 0.319 e. The van der Waals surface area contributed by atoms with Gasteiger partial charge in [-0.2, -0.15) is 9.97 Å². The van der Waals surface area contributed by atoms with Crippen LogP contribution in [0.25, 0.3) is 32.9 Å². The zero-order valence-corrected chi connectivity index (χ0v) is 21.1. The molecule has 3 aliphatic rings. The lowest BCUT2D eigenvalue weighted by molar-refractivity contribution is 0.188. The largest absolute Gasteiger partial charge is 0.508 e. The Kier molecular flexibility index (Phi) is 5.59. The standard InChI is InChI=1S/C29H32N6O2/c1-34-11-3-5-22(34)17-37-29-32-26-13-18(25-14-23(36)12-19-4-2-10-31-27(19)25)6-9-24(26)28(33-29)35-20-7-8-21(35)16-30-15-20/h2,4,6,9-10,12-14,20-22,30,36H,3,5,7-8,11,15-17H2,1H3/t20?,21?,22-/m0/s1. The molecule has 0 spiro atoms. The van der Waals surface area contributed by atoms with Crippen molar-refractivity contribution in [1.29, 1.82) is 0 Å². The lowest BCUT2D eigenvalue weighted by Gasteiger charge is -2.37. The topological polar surface area (TPSA) is 86.6 Å². The Hall–Kier alpha value is -3.49. The van der Waals surface area contributed by atoms with Crippen molar-refractivity contribution >= 4 is 27.6 Å². The fraction of sp³-hybridized carbons (Fsp3) is 0.414. The van der Waals surface area contributed by atoms with E-state index in [4.69, 9.17) is 14.7 Å². The van der Waals surface area contributed by atoms with Gasteiger partial charge in [0.1, 0.15) is 18.2 Å². The summed E-state index contributed by atoms with van der Waals surface area (Å²) in [5.41, 5.74) is 3.55. The number of likely N-dealkylation sites (tertiary alicyclic amines) is 1. The number of likely N-dealkylation sites (N-methyl/N-ethyl adjacent to an activating group) is 1. The van der Waals surface area contributed by atoms with Gasteiger partial charge in [0.2, 0.25) is 0 Å². The van der Waals surface area contributed by atoms with Crippen molar-refractivity contribution in [2.45, 2.75) is 43.8 Å². The smallest absolute Gasteiger partial charge is 0.319 e. The van der Waals surface area contributed by atoms with E-state index < -0.39 is 0 Å². The van der Waals surface area contributed by atoms with Crippen molar-refractivity contribution in [3.05, 3.63) is 48.7 Å². The quantitative estimate of drug-likeness (QED) is 0.429. The minimum Gasteiger partial charge on any atom is -0.508 e. The number of rotatable bonds is 5. The molecule has 2 aromatic heterocycles. The van der Waals surface area contributed by atoms with Crippen LogP contribution in [0.4, 0.5) is 5.82 Å². The van der Waals surface area contributed by atoms with Gasteiger partial charge in [0.05, 0.1) is 11.0 Å². The first-order chi connectivity index (χ1) is 18.1. The Morgan fingerprint density at radius 2 is 1.92 bits per heavy atom. The molecule has 3 fully saturated rings. The number of nitrogens with one attached hydrogen (secondary N) is 1. The molecule has 8 nitrogen and oxygen atoms in total. The molecule has 2 unspecified atom stereocenters. The summed E-state index contributed by atoms with van der Waals surface area (Å²) in [6.45, 7) is 3.65. The first-order valence-corrected chi connectivity index (χ1v) is 13.4. The number of benzene rings is 2. The van der Waals surface area contributed by atoms with Crippen LogP contribution in [0, 0.1) is 0 Å². The summed E-state index contributed by atoms with van der Waals surface area (Å²) in [5.74, 6) is 1.19. The van der Waals surface area contributed by atoms with E-state index in [0.29, 0.717) is 30.7 Å². The van der Waals surface area contributed by atoms with Gasteiger partial charge in [0, 0.05) is 53.7 Å². The molecule has 4 aromatic rings. The van der Waals surface area contributed by atoms with Crippen LogP contribution in [0.1, 0.15) is 25.7 Å². The number of phenols is 1. The molecular weight excluding hydrogens is 464 g/mol. The molecule has 2 aromatic carbocycles. The van der Waals surface area contributed by atoms with Crippen LogP contribution in [0.15, 0.2) is 48.7 Å². The lowest BCUT2D eigenvalue weighted by Crippen LogP contribution is -2.52. The summed E-state index contributed by atoms with van der Waals surface area (Å²) in [5, 5.41) is 15.9. The minimum absolute atomic E-state index is 0.223. The van der Waals surface area contributed by atoms with E-state index >= 15 is 0 Å². The molecular formula is C29H32N6O2. The molecule has 2 N–H and O–H groups in total. The van der Waals surface area contributed by atoms with E-state index in [1.165, 1.54) is 19.3 Å². The molecule has 37 heavy (non-hydrogen) atoms. The summed E-state index contributed by atoms with van der Waals surface area (Å²) in [6, 6.07) is 15.4. The molecule has 3 aliphatic heterocycles. The number of nitrogens with zero attached hydrogens (tertiary/aromatic N) is 5. The summed E-state index contributed by atoms with van der Waals surface area (Å²) >= 11 is 0. The summed E-state index contributed by atoms with van der Waals surface area (Å²) in [7, 11) is 2.16. The van der Waals surface area contributed by atoms with Crippen molar-refractivity contribution in [3.8, 4) is 22.9 Å². The minimum atomic E-state index is 0.223. The highest BCUT2D eigenvalue weighted by Gasteiger charge is 2.38. The van der Waals surface area contributed by atoms with E-state index in [0.717, 1.165) is 64.8 Å². The maximum atomic E-state index is 10.4. The Morgan fingerprint density at radius 3 is 2.73 bits per heavy atom. The van der Waals surface area contributed by atoms with Crippen molar-refractivity contribution in [2.24, 2.45) is 0 Å². The predicted octanol–water partition coefficient (Wildman–Crippen LogP) is 3.96. The lowest BCUT2D eigenvalue weighted by atomic mass is 10.00. The van der Waals surface area contributed by atoms with Gasteiger partial charge in [-0.15, -0.1) is 0 Å². The number of ether oxygens (including phenoxy) is 1. The molecule has 190 valence electrons. The number of pyridine rings is 1. The Bertz CT molecular complexity index is 1460. The second-order valence-electron chi connectivity index (χ2n) is 10.7. The number of piperazine rings is 1. The van der Waals surface area contributed by atoms with E-state index in [9.17, 15) is 5.11 Å². The third-order valence-electron chi connectivity index (χ3n) is 8.36. The third-order valence-corrected chi connectivity index (χ3v) is 8.36. The maximum absolute atomic E-state index is 10.4. The fourth-order valence-corrected chi connectivity index (χ4v) is 6.40. The van der Waals surface area contributed by atoms with Crippen LogP contribution < -0.4 is 15.0 Å². The fourth-order valence-electron chi connectivity index (χ4n) is 6.40. The van der Waals surface area contributed by atoms with Gasteiger partial charge in [0.15, 0.2) is 0 Å². The summed E-state index contributed by atoms with van der Waals surface area (Å²) in [4.78, 5) is 19.4. The van der Waals surface area contributed by atoms with Crippen molar-refractivity contribution in [3.63, 3.8) is 0 Å². The molecule has 3 saturated heterocycles. The van der Waals surface area contributed by atoms with E-state index in [2.05, 4.69) is 45.3 Å². The van der Waals surface area contributed by atoms with Crippen molar-refractivity contribution < 1.29 is 9.84 Å². The third kappa shape index (κ3) is 4.04. The number of anilines is 1. The highest BCUT2D eigenvalue weighted by molar-refractivity contribution is 5.99. The Labute approximate surface area is 216 Å². The van der Waals surface area contributed by atoms with Crippen LogP contribution in [-0.4, -0.2) is 76.4 Å². The van der Waals surface area contributed by atoms with Gasteiger partial charge in [0.25, 0.3) is 0 Å². The van der Waals surface area contributed by atoms with Crippen LogP contribution in [0.3, 0.4) is 0 Å². The average molecular weight is 497 g/mol. The van der Waals surface area contributed by atoms with Gasteiger partial charge in [-0.05, 0) is 75.2 Å². The molecule has 5 heterocycles. The first kappa shape index (κ1) is 22.7. The van der Waals surface area contributed by atoms with Crippen LogP contribution in [0.5, 0.6) is 11.8 Å². The van der Waals surface area contributed by atoms with Crippen molar-refractivity contribution in [2.75, 3.05) is 38.2 Å².